The number of hydrogen-bond donors (Lipinski definition) is 2. The van der Waals surface area contributed by atoms with E-state index in [0.29, 0.717) is 0 Å². The largest absolute Gasteiger partial charge is 0.399 e. The van der Waals surface area contributed by atoms with Crippen molar-refractivity contribution in [2.24, 2.45) is 0 Å². The van der Waals surface area contributed by atoms with Crippen molar-refractivity contribution in [1.82, 2.24) is 4.98 Å². The molecule has 5 rings (SSSR count). The molecule has 28 heavy (non-hydrogen) atoms. The van der Waals surface area contributed by atoms with Crippen LogP contribution in [0.1, 0.15) is 11.1 Å². The van der Waals surface area contributed by atoms with Gasteiger partial charge in [-0.25, -0.2) is 0 Å². The number of rotatable bonds is 1. The zero-order chi connectivity index (χ0) is 18.9. The monoisotopic (exact) mass is 358 g/mol. The summed E-state index contributed by atoms with van der Waals surface area (Å²) in [7, 11) is 0. The molecule has 0 aliphatic heterocycles. The van der Waals surface area contributed by atoms with E-state index in [2.05, 4.69) is 83.6 Å². The highest BCUT2D eigenvalue weighted by Crippen LogP contribution is 2.33. The Morgan fingerprint density at radius 2 is 1.25 bits per heavy atom. The van der Waals surface area contributed by atoms with Gasteiger partial charge in [-0.3, -0.25) is 0 Å². The number of H-pyrrole nitrogens is 1. The predicted molar refractivity (Wildman–Crippen MR) is 118 cm³/mol. The molecular formula is C26H18N2. The fourth-order valence-corrected chi connectivity index (χ4v) is 3.56. The molecule has 0 saturated heterocycles. The summed E-state index contributed by atoms with van der Waals surface area (Å²) in [6.45, 7) is 0. The first kappa shape index (κ1) is 16.2. The normalized spacial score (nSPS) is 10.7. The smallest absolute Gasteiger partial charge is 0.0544 e. The van der Waals surface area contributed by atoms with Crippen LogP contribution in [0, 0.1) is 11.8 Å². The minimum absolute atomic E-state index is 0.751. The quantitative estimate of drug-likeness (QED) is 0.281. The summed E-state index contributed by atoms with van der Waals surface area (Å²) in [4.78, 5) is 3.57. The summed E-state index contributed by atoms with van der Waals surface area (Å²) < 4.78 is 0. The van der Waals surface area contributed by atoms with E-state index in [4.69, 9.17) is 5.73 Å². The maximum absolute atomic E-state index is 5.72. The number of benzene rings is 4. The van der Waals surface area contributed by atoms with E-state index >= 15 is 0 Å². The summed E-state index contributed by atoms with van der Waals surface area (Å²) in [5.74, 6) is 6.40. The third kappa shape index (κ3) is 2.90. The summed E-state index contributed by atoms with van der Waals surface area (Å²) in [5, 5.41) is 2.51. The molecule has 132 valence electrons. The first-order valence-electron chi connectivity index (χ1n) is 9.25. The molecule has 4 aromatic carbocycles. The number of anilines is 1. The molecule has 0 unspecified atom stereocenters. The van der Waals surface area contributed by atoms with Gasteiger partial charge in [-0.15, -0.1) is 0 Å². The number of fused-ring (bicyclic) bond motifs is 3. The highest BCUT2D eigenvalue weighted by molar-refractivity contribution is 6.11. The van der Waals surface area contributed by atoms with Crippen LogP contribution in [0.3, 0.4) is 0 Å². The molecule has 0 atom stereocenters. The average Bonchev–Trinajstić information content (AvgIpc) is 3.13. The summed E-state index contributed by atoms with van der Waals surface area (Å²) in [5.41, 5.74) is 13.1. The Morgan fingerprint density at radius 1 is 0.607 bits per heavy atom. The lowest BCUT2D eigenvalue weighted by Crippen LogP contribution is -1.84. The molecule has 5 aromatic rings. The lowest BCUT2D eigenvalue weighted by Gasteiger charge is -2.04. The van der Waals surface area contributed by atoms with Crippen LogP contribution in [-0.4, -0.2) is 4.98 Å². The van der Waals surface area contributed by atoms with Crippen molar-refractivity contribution in [2.75, 3.05) is 5.73 Å². The lowest BCUT2D eigenvalue weighted by atomic mass is 10.0. The molecule has 1 aromatic heterocycles. The second kappa shape index (κ2) is 6.64. The predicted octanol–water partition coefficient (Wildman–Crippen LogP) is 5.97. The van der Waals surface area contributed by atoms with Crippen LogP contribution in [0.2, 0.25) is 0 Å². The molecule has 0 amide bonds. The molecular weight excluding hydrogens is 340 g/mol. The number of aromatic nitrogens is 1. The van der Waals surface area contributed by atoms with Crippen molar-refractivity contribution in [3.05, 3.63) is 102 Å². The lowest BCUT2D eigenvalue weighted by molar-refractivity contribution is 1.53. The van der Waals surface area contributed by atoms with Crippen LogP contribution < -0.4 is 5.73 Å². The highest BCUT2D eigenvalue weighted by Gasteiger charge is 2.08. The van der Waals surface area contributed by atoms with Gasteiger partial charge in [-0.2, -0.15) is 0 Å². The van der Waals surface area contributed by atoms with Gasteiger partial charge in [0.25, 0.3) is 0 Å². The zero-order valence-corrected chi connectivity index (χ0v) is 15.2. The van der Waals surface area contributed by atoms with E-state index in [1.54, 1.807) is 0 Å². The highest BCUT2D eigenvalue weighted by atomic mass is 14.7. The van der Waals surface area contributed by atoms with E-state index in [1.165, 1.54) is 27.4 Å². The van der Waals surface area contributed by atoms with Crippen LogP contribution in [-0.2, 0) is 0 Å². The average molecular weight is 358 g/mol. The number of para-hydroxylation sites is 2. The fraction of sp³-hybridized carbons (Fsp3) is 0. The SMILES string of the molecule is Nc1ccc(C#Cc2ccc(-c3cccc4c3[nH]c3ccccc34)cc2)cc1. The van der Waals surface area contributed by atoms with Crippen molar-refractivity contribution in [1.29, 1.82) is 0 Å². The second-order valence-electron chi connectivity index (χ2n) is 6.85. The Balaban J connectivity index is 1.52. The Kier molecular flexibility index (Phi) is 3.85. The van der Waals surface area contributed by atoms with Gasteiger partial charge >= 0.3 is 0 Å². The molecule has 1 heterocycles. The standard InChI is InChI=1S/C26H18N2/c27-21-16-12-19(13-17-21)9-8-18-10-14-20(15-11-18)22-5-3-6-24-23-4-1-2-7-25(23)28-26(22)24/h1-7,10-17,28H,27H2. The van der Waals surface area contributed by atoms with Gasteiger partial charge in [0.05, 0.1) is 5.52 Å². The molecule has 0 spiro atoms. The van der Waals surface area contributed by atoms with Gasteiger partial charge in [0.2, 0.25) is 0 Å². The number of hydrogen-bond acceptors (Lipinski definition) is 1. The number of nitrogens with two attached hydrogens (primary N) is 1. The maximum Gasteiger partial charge on any atom is 0.0544 e. The number of aromatic amines is 1. The van der Waals surface area contributed by atoms with E-state index in [0.717, 1.165) is 22.3 Å². The minimum Gasteiger partial charge on any atom is -0.399 e. The van der Waals surface area contributed by atoms with Gasteiger partial charge in [0, 0.05) is 38.7 Å². The van der Waals surface area contributed by atoms with Crippen LogP contribution in [0.4, 0.5) is 5.69 Å². The molecule has 3 N–H and O–H groups in total. The van der Waals surface area contributed by atoms with Crippen molar-refractivity contribution in [3.8, 4) is 23.0 Å². The topological polar surface area (TPSA) is 41.8 Å². The van der Waals surface area contributed by atoms with E-state index in [1.807, 2.05) is 24.3 Å². The maximum atomic E-state index is 5.72. The van der Waals surface area contributed by atoms with Crippen molar-refractivity contribution in [3.63, 3.8) is 0 Å². The third-order valence-corrected chi connectivity index (χ3v) is 5.00. The first-order valence-corrected chi connectivity index (χ1v) is 9.25. The summed E-state index contributed by atoms with van der Waals surface area (Å²) in [6, 6.07) is 30.9. The van der Waals surface area contributed by atoms with Crippen LogP contribution in [0.5, 0.6) is 0 Å². The first-order chi connectivity index (χ1) is 13.8. The van der Waals surface area contributed by atoms with Gasteiger partial charge in [0.15, 0.2) is 0 Å². The molecule has 0 aliphatic rings. The Labute approximate surface area is 163 Å². The third-order valence-electron chi connectivity index (χ3n) is 5.00. The molecule has 2 nitrogen and oxygen atoms in total. The van der Waals surface area contributed by atoms with Crippen LogP contribution >= 0.6 is 0 Å². The second-order valence-corrected chi connectivity index (χ2v) is 6.85. The Bertz CT molecular complexity index is 1350. The van der Waals surface area contributed by atoms with Gasteiger partial charge < -0.3 is 10.7 Å². The zero-order valence-electron chi connectivity index (χ0n) is 15.2. The molecule has 0 bridgehead atoms. The fourth-order valence-electron chi connectivity index (χ4n) is 3.56. The van der Waals surface area contributed by atoms with Crippen molar-refractivity contribution >= 4 is 27.5 Å². The molecule has 0 radical (unpaired) electrons. The van der Waals surface area contributed by atoms with E-state index < -0.39 is 0 Å². The molecule has 0 aliphatic carbocycles. The Hall–Kier alpha value is -3.96. The van der Waals surface area contributed by atoms with Crippen LogP contribution in [0.25, 0.3) is 32.9 Å². The summed E-state index contributed by atoms with van der Waals surface area (Å²) in [6.07, 6.45) is 0. The molecule has 2 heteroatoms. The summed E-state index contributed by atoms with van der Waals surface area (Å²) >= 11 is 0. The van der Waals surface area contributed by atoms with Crippen molar-refractivity contribution in [2.45, 2.75) is 0 Å². The van der Waals surface area contributed by atoms with Gasteiger partial charge in [-0.05, 0) is 48.0 Å². The van der Waals surface area contributed by atoms with E-state index in [-0.39, 0.29) is 0 Å². The van der Waals surface area contributed by atoms with Gasteiger partial charge in [-0.1, -0.05) is 60.4 Å². The Morgan fingerprint density at radius 3 is 2.00 bits per heavy atom. The molecule has 0 saturated carbocycles. The number of nitrogen functional groups attached to an aromatic ring is 1. The number of nitrogens with one attached hydrogen (secondary N) is 1. The minimum atomic E-state index is 0.751. The van der Waals surface area contributed by atoms with E-state index in [9.17, 15) is 0 Å². The molecule has 0 fully saturated rings. The van der Waals surface area contributed by atoms with Crippen LogP contribution in [0.15, 0.2) is 91.0 Å². The van der Waals surface area contributed by atoms with Gasteiger partial charge in [0.1, 0.15) is 0 Å². The van der Waals surface area contributed by atoms with Crippen molar-refractivity contribution < 1.29 is 0 Å².